The average molecular weight is 376 g/mol. The Bertz CT molecular complexity index is 1090. The van der Waals surface area contributed by atoms with Crippen LogP contribution in [-0.2, 0) is 9.84 Å². The number of thiophene rings is 1. The van der Waals surface area contributed by atoms with Crippen LogP contribution < -0.4 is 5.32 Å². The highest BCUT2D eigenvalue weighted by Gasteiger charge is 2.14. The van der Waals surface area contributed by atoms with Crippen molar-refractivity contribution in [2.24, 2.45) is 0 Å². The zero-order valence-corrected chi connectivity index (χ0v) is 14.6. The first-order valence-corrected chi connectivity index (χ1v) is 9.74. The second-order valence-corrected chi connectivity index (χ2v) is 8.44. The summed E-state index contributed by atoms with van der Waals surface area (Å²) in [4.78, 5) is 23.2. The minimum absolute atomic E-state index is 0.0337. The van der Waals surface area contributed by atoms with Gasteiger partial charge in [0, 0.05) is 34.2 Å². The van der Waals surface area contributed by atoms with Gasteiger partial charge >= 0.3 is 0 Å². The van der Waals surface area contributed by atoms with Gasteiger partial charge in [0.2, 0.25) is 0 Å². The van der Waals surface area contributed by atoms with Gasteiger partial charge in [0.25, 0.3) is 11.6 Å². The summed E-state index contributed by atoms with van der Waals surface area (Å²) in [6.07, 6.45) is 1.11. The molecule has 1 heterocycles. The van der Waals surface area contributed by atoms with Crippen LogP contribution in [0.15, 0.2) is 53.4 Å². The quantitative estimate of drug-likeness (QED) is 0.554. The van der Waals surface area contributed by atoms with Crippen molar-refractivity contribution < 1.29 is 18.1 Å². The molecule has 0 aliphatic heterocycles. The second-order valence-electron chi connectivity index (χ2n) is 5.34. The van der Waals surface area contributed by atoms with E-state index in [0.29, 0.717) is 16.0 Å². The van der Waals surface area contributed by atoms with Gasteiger partial charge in [-0.05, 0) is 36.4 Å². The Morgan fingerprint density at radius 1 is 1.12 bits per heavy atom. The topological polar surface area (TPSA) is 106 Å². The number of fused-ring (bicyclic) bond motifs is 1. The molecule has 0 fully saturated rings. The van der Waals surface area contributed by atoms with E-state index in [4.69, 9.17) is 0 Å². The number of sulfone groups is 1. The summed E-state index contributed by atoms with van der Waals surface area (Å²) >= 11 is 1.22. The number of amides is 1. The molecule has 1 aromatic heterocycles. The molecule has 0 bridgehead atoms. The fourth-order valence-corrected chi connectivity index (χ4v) is 3.80. The lowest BCUT2D eigenvalue weighted by atomic mass is 10.2. The molecule has 2 aromatic carbocycles. The number of nitrogens with one attached hydrogen (secondary N) is 1. The predicted molar refractivity (Wildman–Crippen MR) is 96.0 cm³/mol. The van der Waals surface area contributed by atoms with Crippen molar-refractivity contribution in [1.29, 1.82) is 0 Å². The number of hydrogen-bond donors (Lipinski definition) is 1. The lowest BCUT2D eigenvalue weighted by molar-refractivity contribution is -0.384. The predicted octanol–water partition coefficient (Wildman–Crippen LogP) is 3.47. The van der Waals surface area contributed by atoms with Crippen molar-refractivity contribution in [2.75, 3.05) is 11.6 Å². The Morgan fingerprint density at radius 3 is 2.40 bits per heavy atom. The molecule has 0 aliphatic rings. The lowest BCUT2D eigenvalue weighted by Gasteiger charge is -2.04. The first-order chi connectivity index (χ1) is 11.7. The van der Waals surface area contributed by atoms with Gasteiger partial charge in [-0.3, -0.25) is 14.9 Å². The fourth-order valence-electron chi connectivity index (χ4n) is 2.23. The van der Waals surface area contributed by atoms with Crippen LogP contribution in [0.5, 0.6) is 0 Å². The van der Waals surface area contributed by atoms with Crippen molar-refractivity contribution in [2.45, 2.75) is 4.90 Å². The van der Waals surface area contributed by atoms with E-state index < -0.39 is 14.8 Å². The summed E-state index contributed by atoms with van der Waals surface area (Å²) in [7, 11) is -3.29. The molecule has 0 spiro atoms. The van der Waals surface area contributed by atoms with Gasteiger partial charge in [-0.1, -0.05) is 0 Å². The van der Waals surface area contributed by atoms with Crippen molar-refractivity contribution in [1.82, 2.24) is 0 Å². The summed E-state index contributed by atoms with van der Waals surface area (Å²) in [6.45, 7) is 0. The first kappa shape index (κ1) is 17.1. The lowest BCUT2D eigenvalue weighted by Crippen LogP contribution is -2.10. The van der Waals surface area contributed by atoms with Gasteiger partial charge in [0.1, 0.15) is 0 Å². The highest BCUT2D eigenvalue weighted by molar-refractivity contribution is 7.90. The molecule has 1 N–H and O–H groups in total. The maximum absolute atomic E-state index is 12.3. The van der Waals surface area contributed by atoms with E-state index in [1.54, 1.807) is 12.1 Å². The van der Waals surface area contributed by atoms with Crippen molar-refractivity contribution in [3.8, 4) is 0 Å². The number of carbonyl (C=O) groups is 1. The molecule has 0 atom stereocenters. The monoisotopic (exact) mass is 376 g/mol. The molecule has 0 saturated carbocycles. The Hall–Kier alpha value is -2.78. The molecular weight excluding hydrogens is 364 g/mol. The Labute approximate surface area is 147 Å². The molecule has 25 heavy (non-hydrogen) atoms. The number of benzene rings is 2. The van der Waals surface area contributed by atoms with Crippen LogP contribution in [0.2, 0.25) is 0 Å². The zero-order valence-electron chi connectivity index (χ0n) is 12.9. The van der Waals surface area contributed by atoms with Crippen LogP contribution in [0.4, 0.5) is 11.4 Å². The number of rotatable bonds is 4. The number of hydrogen-bond acceptors (Lipinski definition) is 6. The minimum atomic E-state index is -3.29. The van der Waals surface area contributed by atoms with E-state index in [-0.39, 0.29) is 16.5 Å². The molecule has 128 valence electrons. The summed E-state index contributed by atoms with van der Waals surface area (Å²) in [5.41, 5.74) is 0.425. The zero-order chi connectivity index (χ0) is 18.2. The Morgan fingerprint density at radius 2 is 1.80 bits per heavy atom. The minimum Gasteiger partial charge on any atom is -0.321 e. The molecule has 0 aliphatic carbocycles. The smallest absolute Gasteiger partial charge is 0.270 e. The molecule has 3 aromatic rings. The average Bonchev–Trinajstić information content (AvgIpc) is 2.97. The Kier molecular flexibility index (Phi) is 4.27. The highest BCUT2D eigenvalue weighted by atomic mass is 32.2. The standard InChI is InChI=1S/C16H12N2O5S2/c1-25(22,23)13-5-2-11(3-6-13)17-16(19)15-9-10-8-12(18(20)21)4-7-14(10)24-15/h2-9H,1H3,(H,17,19). The van der Waals surface area contributed by atoms with Crippen molar-refractivity contribution in [3.63, 3.8) is 0 Å². The number of non-ortho nitro benzene ring substituents is 1. The molecule has 1 amide bonds. The number of nitro benzene ring substituents is 1. The summed E-state index contributed by atoms with van der Waals surface area (Å²) in [6, 6.07) is 11.9. The first-order valence-electron chi connectivity index (χ1n) is 7.03. The molecule has 0 saturated heterocycles. The van der Waals surface area contributed by atoms with Gasteiger partial charge in [-0.25, -0.2) is 8.42 Å². The number of carbonyl (C=O) groups excluding carboxylic acids is 1. The van der Waals surface area contributed by atoms with Crippen LogP contribution in [0, 0.1) is 10.1 Å². The third-order valence-corrected chi connectivity index (χ3v) is 5.72. The van der Waals surface area contributed by atoms with E-state index in [1.807, 2.05) is 0 Å². The van der Waals surface area contributed by atoms with E-state index >= 15 is 0 Å². The normalized spacial score (nSPS) is 11.4. The van der Waals surface area contributed by atoms with Gasteiger partial charge < -0.3 is 5.32 Å². The third kappa shape index (κ3) is 3.67. The van der Waals surface area contributed by atoms with Crippen LogP contribution in [0.3, 0.4) is 0 Å². The molecule has 3 rings (SSSR count). The van der Waals surface area contributed by atoms with Gasteiger partial charge in [-0.2, -0.15) is 0 Å². The maximum Gasteiger partial charge on any atom is 0.270 e. The van der Waals surface area contributed by atoms with Crippen LogP contribution >= 0.6 is 11.3 Å². The SMILES string of the molecule is CS(=O)(=O)c1ccc(NC(=O)c2cc3cc([N+](=O)[O-])ccc3s2)cc1. The van der Waals surface area contributed by atoms with E-state index in [9.17, 15) is 23.3 Å². The fraction of sp³-hybridized carbons (Fsp3) is 0.0625. The number of nitro groups is 1. The molecule has 7 nitrogen and oxygen atoms in total. The molecule has 0 unspecified atom stereocenters. The van der Waals surface area contributed by atoms with Crippen molar-refractivity contribution in [3.05, 3.63) is 63.5 Å². The summed E-state index contributed by atoms with van der Waals surface area (Å²) in [5.74, 6) is -0.365. The van der Waals surface area contributed by atoms with E-state index in [1.165, 1.54) is 47.7 Å². The van der Waals surface area contributed by atoms with Gasteiger partial charge in [0.15, 0.2) is 9.84 Å². The number of anilines is 1. The highest BCUT2D eigenvalue weighted by Crippen LogP contribution is 2.29. The maximum atomic E-state index is 12.3. The second kappa shape index (κ2) is 6.26. The van der Waals surface area contributed by atoms with Crippen LogP contribution in [0.1, 0.15) is 9.67 Å². The largest absolute Gasteiger partial charge is 0.321 e. The third-order valence-electron chi connectivity index (χ3n) is 3.47. The van der Waals surface area contributed by atoms with E-state index in [2.05, 4.69) is 5.32 Å². The molecule has 0 radical (unpaired) electrons. The van der Waals surface area contributed by atoms with Crippen molar-refractivity contribution >= 4 is 48.5 Å². The van der Waals surface area contributed by atoms with Gasteiger partial charge in [-0.15, -0.1) is 11.3 Å². The summed E-state index contributed by atoms with van der Waals surface area (Å²) < 4.78 is 23.6. The Balaban J connectivity index is 1.83. The van der Waals surface area contributed by atoms with E-state index in [0.717, 1.165) is 11.0 Å². The molecular formula is C16H12N2O5S2. The summed E-state index contributed by atoms with van der Waals surface area (Å²) in [5, 5.41) is 14.1. The van der Waals surface area contributed by atoms with Crippen LogP contribution in [0.25, 0.3) is 10.1 Å². The number of nitrogens with zero attached hydrogens (tertiary/aromatic N) is 1. The molecule has 9 heteroatoms. The van der Waals surface area contributed by atoms with Crippen LogP contribution in [-0.4, -0.2) is 25.5 Å². The van der Waals surface area contributed by atoms with Gasteiger partial charge in [0.05, 0.1) is 14.7 Å².